The Bertz CT molecular complexity index is 922. The van der Waals surface area contributed by atoms with Crippen LogP contribution in [0.3, 0.4) is 0 Å². The Balaban J connectivity index is 1.77. The molecule has 0 saturated heterocycles. The fraction of sp³-hybridized carbons (Fsp3) is 0.538. The van der Waals surface area contributed by atoms with Crippen molar-refractivity contribution in [3.63, 3.8) is 0 Å². The summed E-state index contributed by atoms with van der Waals surface area (Å²) in [5, 5.41) is 5.10. The molecule has 7 heteroatoms. The maximum Gasteiger partial charge on any atom is 0.318 e. The van der Waals surface area contributed by atoms with Gasteiger partial charge in [0.05, 0.1) is 6.04 Å². The van der Waals surface area contributed by atoms with Gasteiger partial charge in [-0.25, -0.2) is 4.79 Å². The van der Waals surface area contributed by atoms with E-state index in [0.29, 0.717) is 25.6 Å². The van der Waals surface area contributed by atoms with Crippen LogP contribution in [-0.2, 0) is 11.2 Å². The van der Waals surface area contributed by atoms with Crippen LogP contribution in [0.5, 0.6) is 5.75 Å². The zero-order valence-corrected chi connectivity index (χ0v) is 21.3. The van der Waals surface area contributed by atoms with Crippen LogP contribution in [0.25, 0.3) is 0 Å². The summed E-state index contributed by atoms with van der Waals surface area (Å²) < 4.78 is 6.07. The Morgan fingerprint density at radius 2 is 1.97 bits per heavy atom. The number of urea groups is 1. The summed E-state index contributed by atoms with van der Waals surface area (Å²) in [6.07, 6.45) is 1.78. The predicted molar refractivity (Wildman–Crippen MR) is 134 cm³/mol. The lowest BCUT2D eigenvalue weighted by molar-refractivity contribution is -0.135. The van der Waals surface area contributed by atoms with Crippen LogP contribution in [0.4, 0.5) is 4.79 Å². The summed E-state index contributed by atoms with van der Waals surface area (Å²) >= 11 is 1.73. The van der Waals surface area contributed by atoms with Gasteiger partial charge in [0.15, 0.2) is 0 Å². The predicted octanol–water partition coefficient (Wildman–Crippen LogP) is 5.11. The number of carbonyl (C=O) groups excluding carboxylic acids is 2. The van der Waals surface area contributed by atoms with Crippen LogP contribution in [0.2, 0.25) is 0 Å². The van der Waals surface area contributed by atoms with Crippen LogP contribution in [0.1, 0.15) is 57.5 Å². The monoisotopic (exact) mass is 471 g/mol. The average molecular weight is 472 g/mol. The van der Waals surface area contributed by atoms with Crippen molar-refractivity contribution in [3.05, 3.63) is 52.2 Å². The smallest absolute Gasteiger partial charge is 0.318 e. The number of hydrogen-bond donors (Lipinski definition) is 1. The SMILES string of the molecule is CCC(C)CN(CC(=O)N1CCc2sccc2C1COc1ccccc1)C(=O)NC(C)(C)C. The minimum Gasteiger partial charge on any atom is -0.491 e. The van der Waals surface area contributed by atoms with Gasteiger partial charge in [-0.1, -0.05) is 38.5 Å². The zero-order chi connectivity index (χ0) is 24.0. The molecule has 180 valence electrons. The number of amides is 3. The van der Waals surface area contributed by atoms with Gasteiger partial charge >= 0.3 is 6.03 Å². The van der Waals surface area contributed by atoms with Gasteiger partial charge in [0.1, 0.15) is 18.9 Å². The van der Waals surface area contributed by atoms with Gasteiger partial charge in [0, 0.05) is 23.5 Å². The van der Waals surface area contributed by atoms with Gasteiger partial charge in [0.2, 0.25) is 5.91 Å². The lowest BCUT2D eigenvalue weighted by atomic mass is 10.00. The lowest BCUT2D eigenvalue weighted by Crippen LogP contribution is -2.53. The highest BCUT2D eigenvalue weighted by Gasteiger charge is 2.34. The molecule has 2 atom stereocenters. The van der Waals surface area contributed by atoms with E-state index in [0.717, 1.165) is 24.2 Å². The first-order valence-electron chi connectivity index (χ1n) is 11.8. The van der Waals surface area contributed by atoms with Crippen molar-refractivity contribution in [1.82, 2.24) is 15.1 Å². The molecule has 0 radical (unpaired) electrons. The van der Waals surface area contributed by atoms with Crippen LogP contribution < -0.4 is 10.1 Å². The first-order chi connectivity index (χ1) is 15.7. The van der Waals surface area contributed by atoms with Crippen molar-refractivity contribution >= 4 is 23.3 Å². The number of benzene rings is 1. The summed E-state index contributed by atoms with van der Waals surface area (Å²) in [5.74, 6) is 1.06. The number of hydrogen-bond acceptors (Lipinski definition) is 4. The Morgan fingerprint density at radius 1 is 1.24 bits per heavy atom. The van der Waals surface area contributed by atoms with E-state index in [1.165, 1.54) is 4.88 Å². The van der Waals surface area contributed by atoms with Gasteiger partial charge in [-0.2, -0.15) is 0 Å². The fourth-order valence-electron chi connectivity index (χ4n) is 3.95. The first kappa shape index (κ1) is 25.1. The van der Waals surface area contributed by atoms with E-state index in [9.17, 15) is 9.59 Å². The van der Waals surface area contributed by atoms with Crippen LogP contribution in [0, 0.1) is 5.92 Å². The molecule has 2 unspecified atom stereocenters. The molecular formula is C26H37N3O3S. The van der Waals surface area contributed by atoms with E-state index >= 15 is 0 Å². The number of nitrogens with one attached hydrogen (secondary N) is 1. The largest absolute Gasteiger partial charge is 0.491 e. The van der Waals surface area contributed by atoms with Crippen molar-refractivity contribution in [2.24, 2.45) is 5.92 Å². The molecule has 0 bridgehead atoms. The average Bonchev–Trinajstić information content (AvgIpc) is 3.25. The van der Waals surface area contributed by atoms with Crippen molar-refractivity contribution in [3.8, 4) is 5.75 Å². The molecule has 0 spiro atoms. The van der Waals surface area contributed by atoms with Crippen LogP contribution in [0.15, 0.2) is 41.8 Å². The number of rotatable bonds is 8. The van der Waals surface area contributed by atoms with Gasteiger partial charge in [0.25, 0.3) is 0 Å². The molecule has 1 aromatic heterocycles. The molecule has 1 aromatic carbocycles. The van der Waals surface area contributed by atoms with Crippen molar-refractivity contribution in [2.75, 3.05) is 26.2 Å². The second-order valence-corrected chi connectivity index (χ2v) is 10.9. The summed E-state index contributed by atoms with van der Waals surface area (Å²) in [7, 11) is 0. The highest BCUT2D eigenvalue weighted by Crippen LogP contribution is 2.34. The second kappa shape index (κ2) is 11.1. The standard InChI is InChI=1S/C26H37N3O3S/c1-6-19(2)16-28(25(31)27-26(3,4)5)17-24(30)29-14-12-23-21(13-15-33-23)22(29)18-32-20-10-8-7-9-11-20/h7-11,13,15,19,22H,6,12,14,16-18H2,1-5H3,(H,27,31). The molecule has 2 heterocycles. The number of ether oxygens (including phenoxy) is 1. The Morgan fingerprint density at radius 3 is 2.64 bits per heavy atom. The van der Waals surface area contributed by atoms with Crippen molar-refractivity contribution in [2.45, 2.75) is 59.0 Å². The third-order valence-corrected chi connectivity index (χ3v) is 6.89. The van der Waals surface area contributed by atoms with Crippen molar-refractivity contribution < 1.29 is 14.3 Å². The van der Waals surface area contributed by atoms with Gasteiger partial charge in [-0.3, -0.25) is 4.79 Å². The molecular weight excluding hydrogens is 434 g/mol. The molecule has 0 saturated carbocycles. The maximum absolute atomic E-state index is 13.6. The number of para-hydroxylation sites is 1. The third kappa shape index (κ3) is 6.97. The van der Waals surface area contributed by atoms with Gasteiger partial charge < -0.3 is 19.9 Å². The molecule has 0 aliphatic carbocycles. The van der Waals surface area contributed by atoms with Gasteiger partial charge in [-0.05, 0) is 62.3 Å². The molecule has 1 N–H and O–H groups in total. The minimum atomic E-state index is -0.364. The second-order valence-electron chi connectivity index (χ2n) is 9.85. The molecule has 3 amide bonds. The molecule has 1 aliphatic rings. The summed E-state index contributed by atoms with van der Waals surface area (Å²) in [4.78, 5) is 31.4. The van der Waals surface area contributed by atoms with E-state index in [2.05, 4.69) is 30.6 Å². The topological polar surface area (TPSA) is 61.9 Å². The highest BCUT2D eigenvalue weighted by molar-refractivity contribution is 7.10. The quantitative estimate of drug-likeness (QED) is 0.582. The number of carbonyl (C=O) groups is 2. The zero-order valence-electron chi connectivity index (χ0n) is 20.5. The highest BCUT2D eigenvalue weighted by atomic mass is 32.1. The summed E-state index contributed by atoms with van der Waals surface area (Å²) in [6.45, 7) is 11.7. The van der Waals surface area contributed by atoms with E-state index < -0.39 is 0 Å². The van der Waals surface area contributed by atoms with E-state index in [4.69, 9.17) is 4.74 Å². The molecule has 2 aromatic rings. The summed E-state index contributed by atoms with van der Waals surface area (Å²) in [6, 6.07) is 11.4. The third-order valence-electron chi connectivity index (χ3n) is 5.89. The number of thiophene rings is 1. The maximum atomic E-state index is 13.6. The number of fused-ring (bicyclic) bond motifs is 1. The van der Waals surface area contributed by atoms with Crippen molar-refractivity contribution in [1.29, 1.82) is 0 Å². The van der Waals surface area contributed by atoms with E-state index in [1.807, 2.05) is 56.0 Å². The van der Waals surface area contributed by atoms with E-state index in [1.54, 1.807) is 16.2 Å². The van der Waals surface area contributed by atoms with Crippen LogP contribution >= 0.6 is 11.3 Å². The fourth-order valence-corrected chi connectivity index (χ4v) is 4.87. The van der Waals surface area contributed by atoms with Crippen LogP contribution in [-0.4, -0.2) is 53.5 Å². The Kier molecular flexibility index (Phi) is 8.40. The molecule has 3 rings (SSSR count). The molecule has 6 nitrogen and oxygen atoms in total. The molecule has 1 aliphatic heterocycles. The first-order valence-corrected chi connectivity index (χ1v) is 12.7. The number of nitrogens with zero attached hydrogens (tertiary/aromatic N) is 2. The summed E-state index contributed by atoms with van der Waals surface area (Å²) in [5.41, 5.74) is 0.791. The van der Waals surface area contributed by atoms with E-state index in [-0.39, 0.29) is 30.1 Å². The van der Waals surface area contributed by atoms with Gasteiger partial charge in [-0.15, -0.1) is 11.3 Å². The normalized spacial score (nSPS) is 16.6. The molecule has 0 fully saturated rings. The molecule has 33 heavy (non-hydrogen) atoms. The Hall–Kier alpha value is -2.54. The lowest BCUT2D eigenvalue weighted by Gasteiger charge is -2.37. The minimum absolute atomic E-state index is 0.0409. The Labute approximate surface area is 201 Å².